The van der Waals surface area contributed by atoms with Crippen LogP contribution < -0.4 is 0 Å². The SMILES string of the molecule is CCCN1CC[C@@]2(c3ccccc3)CCc3ncc(-c4ccccc4)n3C[C@@H]12. The number of hydrogen-bond acceptors (Lipinski definition) is 2. The minimum absolute atomic E-state index is 0.241. The van der Waals surface area contributed by atoms with E-state index >= 15 is 0 Å². The zero-order valence-corrected chi connectivity index (χ0v) is 16.7. The van der Waals surface area contributed by atoms with Crippen LogP contribution in [-0.2, 0) is 18.4 Å². The van der Waals surface area contributed by atoms with Crippen LogP contribution >= 0.6 is 0 Å². The lowest BCUT2D eigenvalue weighted by molar-refractivity contribution is 0.185. The smallest absolute Gasteiger partial charge is 0.109 e. The van der Waals surface area contributed by atoms with Gasteiger partial charge in [0.15, 0.2) is 0 Å². The molecule has 0 unspecified atom stereocenters. The molecule has 5 rings (SSSR count). The van der Waals surface area contributed by atoms with E-state index in [1.54, 1.807) is 0 Å². The number of benzene rings is 2. The summed E-state index contributed by atoms with van der Waals surface area (Å²) in [6.07, 6.45) is 6.79. The summed E-state index contributed by atoms with van der Waals surface area (Å²) in [5.74, 6) is 1.25. The maximum Gasteiger partial charge on any atom is 0.109 e. The lowest BCUT2D eigenvalue weighted by atomic mass is 9.71. The molecule has 2 aromatic carbocycles. The molecule has 0 radical (unpaired) electrons. The number of fused-ring (bicyclic) bond motifs is 2. The van der Waals surface area contributed by atoms with Gasteiger partial charge in [-0.15, -0.1) is 0 Å². The van der Waals surface area contributed by atoms with Crippen molar-refractivity contribution in [3.8, 4) is 11.3 Å². The summed E-state index contributed by atoms with van der Waals surface area (Å²) in [4.78, 5) is 7.61. The molecule has 3 heteroatoms. The summed E-state index contributed by atoms with van der Waals surface area (Å²) < 4.78 is 2.51. The quantitative estimate of drug-likeness (QED) is 0.649. The fourth-order valence-electron chi connectivity index (χ4n) is 5.57. The molecule has 0 saturated carbocycles. The molecule has 1 aromatic heterocycles. The van der Waals surface area contributed by atoms with Crippen LogP contribution in [0.1, 0.15) is 37.6 Å². The number of likely N-dealkylation sites (tertiary alicyclic amines) is 1. The molecule has 144 valence electrons. The Morgan fingerprint density at radius 1 is 1.00 bits per heavy atom. The van der Waals surface area contributed by atoms with E-state index in [9.17, 15) is 0 Å². The van der Waals surface area contributed by atoms with Crippen molar-refractivity contribution < 1.29 is 0 Å². The maximum absolute atomic E-state index is 4.86. The van der Waals surface area contributed by atoms with Crippen LogP contribution in [0.5, 0.6) is 0 Å². The molecule has 3 nitrogen and oxygen atoms in total. The summed E-state index contributed by atoms with van der Waals surface area (Å²) in [6.45, 7) is 5.73. The summed E-state index contributed by atoms with van der Waals surface area (Å²) in [7, 11) is 0. The molecule has 0 N–H and O–H groups in total. The van der Waals surface area contributed by atoms with Gasteiger partial charge in [-0.1, -0.05) is 67.6 Å². The van der Waals surface area contributed by atoms with Gasteiger partial charge in [-0.05, 0) is 43.5 Å². The first-order chi connectivity index (χ1) is 13.8. The Morgan fingerprint density at radius 2 is 1.75 bits per heavy atom. The number of nitrogens with zero attached hydrogens (tertiary/aromatic N) is 3. The van der Waals surface area contributed by atoms with E-state index < -0.39 is 0 Å². The van der Waals surface area contributed by atoms with Gasteiger partial charge in [-0.2, -0.15) is 0 Å². The minimum Gasteiger partial charge on any atom is -0.326 e. The van der Waals surface area contributed by atoms with Crippen LogP contribution in [0.25, 0.3) is 11.3 Å². The van der Waals surface area contributed by atoms with Crippen molar-refractivity contribution in [2.24, 2.45) is 0 Å². The van der Waals surface area contributed by atoms with Crippen molar-refractivity contribution in [2.75, 3.05) is 13.1 Å². The number of aryl methyl sites for hydroxylation is 1. The van der Waals surface area contributed by atoms with Gasteiger partial charge in [0.05, 0.1) is 11.9 Å². The Morgan fingerprint density at radius 3 is 2.50 bits per heavy atom. The predicted octanol–water partition coefficient (Wildman–Crippen LogP) is 4.92. The lowest BCUT2D eigenvalue weighted by Crippen LogP contribution is -2.45. The highest BCUT2D eigenvalue weighted by Crippen LogP contribution is 2.46. The number of rotatable bonds is 4. The van der Waals surface area contributed by atoms with E-state index in [2.05, 4.69) is 83.3 Å². The normalized spacial score (nSPS) is 24.5. The van der Waals surface area contributed by atoms with E-state index in [4.69, 9.17) is 4.98 Å². The molecule has 3 aromatic rings. The molecular weight excluding hydrogens is 342 g/mol. The van der Waals surface area contributed by atoms with Crippen molar-refractivity contribution in [2.45, 2.75) is 50.6 Å². The second-order valence-electron chi connectivity index (χ2n) is 8.36. The minimum atomic E-state index is 0.241. The Hall–Kier alpha value is -2.39. The molecule has 28 heavy (non-hydrogen) atoms. The van der Waals surface area contributed by atoms with Crippen LogP contribution in [-0.4, -0.2) is 33.6 Å². The van der Waals surface area contributed by atoms with Crippen LogP contribution in [0.2, 0.25) is 0 Å². The Bertz CT molecular complexity index is 931. The second kappa shape index (κ2) is 7.21. The highest BCUT2D eigenvalue weighted by molar-refractivity contribution is 5.59. The monoisotopic (exact) mass is 371 g/mol. The average molecular weight is 372 g/mol. The second-order valence-corrected chi connectivity index (χ2v) is 8.36. The highest BCUT2D eigenvalue weighted by atomic mass is 15.2. The van der Waals surface area contributed by atoms with Gasteiger partial charge < -0.3 is 4.57 Å². The van der Waals surface area contributed by atoms with Gasteiger partial charge in [0.25, 0.3) is 0 Å². The molecular formula is C25H29N3. The van der Waals surface area contributed by atoms with Gasteiger partial charge in [-0.25, -0.2) is 4.98 Å². The molecule has 1 saturated heterocycles. The standard InChI is InChI=1S/C25H29N3/c1-2-16-27-17-15-25(21-11-7-4-8-12-21)14-13-24-26-18-22(28(24)19-23(25)27)20-9-5-3-6-10-20/h3-12,18,23H,2,13-17,19H2,1H3/t23-,25-/m1/s1. The summed E-state index contributed by atoms with van der Waals surface area (Å²) in [6, 6.07) is 22.6. The third-order valence-electron chi connectivity index (χ3n) is 6.94. The third kappa shape index (κ3) is 2.80. The zero-order valence-electron chi connectivity index (χ0n) is 16.7. The summed E-state index contributed by atoms with van der Waals surface area (Å²) in [5, 5.41) is 0. The predicted molar refractivity (Wildman–Crippen MR) is 114 cm³/mol. The first-order valence-electron chi connectivity index (χ1n) is 10.7. The molecule has 0 amide bonds. The molecule has 2 aliphatic rings. The van der Waals surface area contributed by atoms with Crippen LogP contribution in [0.15, 0.2) is 66.9 Å². The fourth-order valence-corrected chi connectivity index (χ4v) is 5.57. The van der Waals surface area contributed by atoms with Crippen molar-refractivity contribution >= 4 is 0 Å². The van der Waals surface area contributed by atoms with Gasteiger partial charge in [0.2, 0.25) is 0 Å². The van der Waals surface area contributed by atoms with Gasteiger partial charge >= 0.3 is 0 Å². The van der Waals surface area contributed by atoms with Gasteiger partial charge in [0.1, 0.15) is 5.82 Å². The molecule has 2 aliphatic heterocycles. The number of imidazole rings is 1. The zero-order chi connectivity index (χ0) is 19.0. The van der Waals surface area contributed by atoms with Crippen LogP contribution in [0.3, 0.4) is 0 Å². The van der Waals surface area contributed by atoms with Crippen molar-refractivity contribution in [3.05, 3.63) is 78.2 Å². The molecule has 0 bridgehead atoms. The van der Waals surface area contributed by atoms with Gasteiger partial charge in [-0.3, -0.25) is 4.90 Å². The van der Waals surface area contributed by atoms with Crippen molar-refractivity contribution in [1.82, 2.24) is 14.5 Å². The largest absolute Gasteiger partial charge is 0.326 e. The summed E-state index contributed by atoms with van der Waals surface area (Å²) in [5.41, 5.74) is 4.30. The fraction of sp³-hybridized carbons (Fsp3) is 0.400. The van der Waals surface area contributed by atoms with E-state index in [1.807, 2.05) is 0 Å². The lowest BCUT2D eigenvalue weighted by Gasteiger charge is -2.38. The molecule has 0 spiro atoms. The van der Waals surface area contributed by atoms with Crippen LogP contribution in [0.4, 0.5) is 0 Å². The number of aromatic nitrogens is 2. The van der Waals surface area contributed by atoms with E-state index in [1.165, 1.54) is 55.0 Å². The molecule has 2 atom stereocenters. The first kappa shape index (κ1) is 17.7. The van der Waals surface area contributed by atoms with Crippen molar-refractivity contribution in [1.29, 1.82) is 0 Å². The van der Waals surface area contributed by atoms with E-state index in [0.717, 1.165) is 13.0 Å². The van der Waals surface area contributed by atoms with E-state index in [-0.39, 0.29) is 5.41 Å². The summed E-state index contributed by atoms with van der Waals surface area (Å²) >= 11 is 0. The third-order valence-corrected chi connectivity index (χ3v) is 6.94. The first-order valence-corrected chi connectivity index (χ1v) is 10.7. The average Bonchev–Trinajstić information content (AvgIpc) is 3.27. The van der Waals surface area contributed by atoms with Gasteiger partial charge in [0, 0.05) is 24.4 Å². The van der Waals surface area contributed by atoms with Crippen molar-refractivity contribution in [3.63, 3.8) is 0 Å². The molecule has 1 fully saturated rings. The molecule has 0 aliphatic carbocycles. The van der Waals surface area contributed by atoms with Crippen LogP contribution in [0, 0.1) is 0 Å². The Labute approximate surface area is 168 Å². The Balaban J connectivity index is 1.59. The van der Waals surface area contributed by atoms with E-state index in [0.29, 0.717) is 6.04 Å². The number of hydrogen-bond donors (Lipinski definition) is 0. The molecule has 3 heterocycles. The maximum atomic E-state index is 4.86. The highest BCUT2D eigenvalue weighted by Gasteiger charge is 2.49. The topological polar surface area (TPSA) is 21.1 Å². The Kier molecular flexibility index (Phi) is 4.56.